The van der Waals surface area contributed by atoms with E-state index in [-0.39, 0.29) is 5.91 Å². The average Bonchev–Trinajstić information content (AvgIpc) is 3.02. The standard InChI is InChI=1S/C21H20ClN3O4/c1-12-19(24-21(27)28-13(2)17-6-4-5-7-18(17)22)20(29-25-12)15-8-10-16(11-9-15)23-14(3)26/h4-11,13H,1-3H3,(H,23,26)(H,24,27). The van der Waals surface area contributed by atoms with Crippen LogP contribution in [0.1, 0.15) is 31.2 Å². The fourth-order valence-corrected chi connectivity index (χ4v) is 3.07. The second kappa shape index (κ2) is 8.79. The van der Waals surface area contributed by atoms with Crippen molar-refractivity contribution < 1.29 is 18.8 Å². The lowest BCUT2D eigenvalue weighted by Gasteiger charge is -2.15. The van der Waals surface area contributed by atoms with E-state index in [9.17, 15) is 9.59 Å². The van der Waals surface area contributed by atoms with Gasteiger partial charge in [-0.1, -0.05) is 35.0 Å². The zero-order chi connectivity index (χ0) is 21.0. The van der Waals surface area contributed by atoms with Crippen LogP contribution in [0.15, 0.2) is 53.1 Å². The van der Waals surface area contributed by atoms with E-state index in [0.717, 1.165) is 0 Å². The normalized spacial score (nSPS) is 11.6. The molecule has 1 heterocycles. The van der Waals surface area contributed by atoms with Crippen LogP contribution < -0.4 is 10.6 Å². The van der Waals surface area contributed by atoms with Crippen molar-refractivity contribution in [2.45, 2.75) is 26.9 Å². The summed E-state index contributed by atoms with van der Waals surface area (Å²) in [5.74, 6) is 0.227. The smallest absolute Gasteiger partial charge is 0.412 e. The summed E-state index contributed by atoms with van der Waals surface area (Å²) in [6.07, 6.45) is -1.19. The fourth-order valence-electron chi connectivity index (χ4n) is 2.78. The number of hydrogen-bond acceptors (Lipinski definition) is 5. The molecule has 0 aliphatic rings. The highest BCUT2D eigenvalue weighted by Gasteiger charge is 2.20. The molecule has 1 unspecified atom stereocenters. The molecule has 0 aliphatic carbocycles. The molecule has 3 aromatic rings. The Morgan fingerprint density at radius 2 is 1.79 bits per heavy atom. The van der Waals surface area contributed by atoms with Gasteiger partial charge in [-0.05, 0) is 44.2 Å². The minimum atomic E-state index is -0.653. The van der Waals surface area contributed by atoms with Gasteiger partial charge in [0.2, 0.25) is 5.91 Å². The Bertz CT molecular complexity index is 1030. The second-order valence-corrected chi connectivity index (χ2v) is 6.83. The Kier molecular flexibility index (Phi) is 6.19. The minimum absolute atomic E-state index is 0.161. The first kappa shape index (κ1) is 20.4. The number of carbonyl (C=O) groups is 2. The number of benzene rings is 2. The molecule has 1 aromatic heterocycles. The van der Waals surface area contributed by atoms with Crippen molar-refractivity contribution in [1.29, 1.82) is 0 Å². The van der Waals surface area contributed by atoms with Crippen LogP contribution in [0.3, 0.4) is 0 Å². The highest BCUT2D eigenvalue weighted by molar-refractivity contribution is 6.31. The maximum atomic E-state index is 12.4. The summed E-state index contributed by atoms with van der Waals surface area (Å²) >= 11 is 6.16. The predicted octanol–water partition coefficient (Wildman–Crippen LogP) is 5.57. The van der Waals surface area contributed by atoms with Crippen molar-refractivity contribution in [1.82, 2.24) is 5.16 Å². The lowest BCUT2D eigenvalue weighted by molar-refractivity contribution is -0.114. The van der Waals surface area contributed by atoms with E-state index >= 15 is 0 Å². The summed E-state index contributed by atoms with van der Waals surface area (Å²) in [5, 5.41) is 9.84. The quantitative estimate of drug-likeness (QED) is 0.570. The van der Waals surface area contributed by atoms with Crippen LogP contribution in [0, 0.1) is 6.92 Å². The van der Waals surface area contributed by atoms with Crippen molar-refractivity contribution in [3.8, 4) is 11.3 Å². The third-order valence-corrected chi connectivity index (χ3v) is 4.53. The van der Waals surface area contributed by atoms with Gasteiger partial charge >= 0.3 is 6.09 Å². The number of anilines is 2. The maximum absolute atomic E-state index is 12.4. The van der Waals surface area contributed by atoms with Crippen molar-refractivity contribution in [3.05, 3.63) is 64.8 Å². The van der Waals surface area contributed by atoms with Crippen LogP contribution >= 0.6 is 11.6 Å². The number of aryl methyl sites for hydroxylation is 1. The Morgan fingerprint density at radius 3 is 2.45 bits per heavy atom. The summed E-state index contributed by atoms with van der Waals surface area (Å²) in [7, 11) is 0. The summed E-state index contributed by atoms with van der Waals surface area (Å²) in [6, 6.07) is 14.2. The second-order valence-electron chi connectivity index (χ2n) is 6.42. The average molecular weight is 414 g/mol. The molecule has 3 rings (SSSR count). The number of aromatic nitrogens is 1. The maximum Gasteiger partial charge on any atom is 0.412 e. The van der Waals surface area contributed by atoms with Gasteiger partial charge in [0, 0.05) is 28.8 Å². The SMILES string of the molecule is CC(=O)Nc1ccc(-c2onc(C)c2NC(=O)OC(C)c2ccccc2Cl)cc1. The Balaban J connectivity index is 1.75. The highest BCUT2D eigenvalue weighted by Crippen LogP contribution is 2.32. The van der Waals surface area contributed by atoms with Gasteiger partial charge in [-0.3, -0.25) is 10.1 Å². The zero-order valence-corrected chi connectivity index (χ0v) is 16.9. The van der Waals surface area contributed by atoms with Crippen molar-refractivity contribution in [2.24, 2.45) is 0 Å². The third kappa shape index (κ3) is 4.94. The summed E-state index contributed by atoms with van der Waals surface area (Å²) in [5.41, 5.74) is 2.97. The summed E-state index contributed by atoms with van der Waals surface area (Å²) < 4.78 is 10.8. The summed E-state index contributed by atoms with van der Waals surface area (Å²) in [4.78, 5) is 23.6. The van der Waals surface area contributed by atoms with Gasteiger partial charge < -0.3 is 14.6 Å². The number of hydrogen-bond donors (Lipinski definition) is 2. The van der Waals surface area contributed by atoms with Gasteiger partial charge in [-0.15, -0.1) is 0 Å². The van der Waals surface area contributed by atoms with E-state index in [4.69, 9.17) is 20.9 Å². The van der Waals surface area contributed by atoms with Gasteiger partial charge in [0.25, 0.3) is 0 Å². The number of ether oxygens (including phenoxy) is 1. The van der Waals surface area contributed by atoms with E-state index in [1.807, 2.05) is 12.1 Å². The van der Waals surface area contributed by atoms with E-state index in [0.29, 0.717) is 39.0 Å². The molecule has 0 bridgehead atoms. The molecule has 1 atom stereocenters. The van der Waals surface area contributed by atoms with Gasteiger partial charge in [0.15, 0.2) is 5.76 Å². The molecule has 0 spiro atoms. The zero-order valence-electron chi connectivity index (χ0n) is 16.2. The van der Waals surface area contributed by atoms with Crippen LogP contribution in [-0.4, -0.2) is 17.2 Å². The third-order valence-electron chi connectivity index (χ3n) is 4.18. The largest absolute Gasteiger partial charge is 0.441 e. The predicted molar refractivity (Wildman–Crippen MR) is 111 cm³/mol. The highest BCUT2D eigenvalue weighted by atomic mass is 35.5. The van der Waals surface area contributed by atoms with Crippen molar-refractivity contribution in [2.75, 3.05) is 10.6 Å². The molecule has 0 saturated heterocycles. The Hall–Kier alpha value is -3.32. The lowest BCUT2D eigenvalue weighted by atomic mass is 10.1. The molecule has 2 amide bonds. The van der Waals surface area contributed by atoms with Crippen LogP contribution in [-0.2, 0) is 9.53 Å². The lowest BCUT2D eigenvalue weighted by Crippen LogP contribution is -2.17. The van der Waals surface area contributed by atoms with Gasteiger partial charge in [0.1, 0.15) is 17.5 Å². The number of nitrogens with zero attached hydrogens (tertiary/aromatic N) is 1. The molecule has 8 heteroatoms. The van der Waals surface area contributed by atoms with Gasteiger partial charge in [-0.25, -0.2) is 4.79 Å². The monoisotopic (exact) mass is 413 g/mol. The van der Waals surface area contributed by atoms with Crippen LogP contribution in [0.5, 0.6) is 0 Å². The van der Waals surface area contributed by atoms with Crippen molar-refractivity contribution >= 4 is 35.0 Å². The number of amides is 2. The van der Waals surface area contributed by atoms with Gasteiger partial charge in [0.05, 0.1) is 0 Å². The minimum Gasteiger partial charge on any atom is -0.441 e. The molecular formula is C21H20ClN3O4. The topological polar surface area (TPSA) is 93.5 Å². The molecular weight excluding hydrogens is 394 g/mol. The number of halogens is 1. The molecule has 0 saturated carbocycles. The number of nitrogens with one attached hydrogen (secondary N) is 2. The molecule has 150 valence electrons. The van der Waals surface area contributed by atoms with Gasteiger partial charge in [-0.2, -0.15) is 0 Å². The Morgan fingerprint density at radius 1 is 1.10 bits per heavy atom. The summed E-state index contributed by atoms with van der Waals surface area (Å²) in [6.45, 7) is 4.89. The molecule has 7 nitrogen and oxygen atoms in total. The first-order chi connectivity index (χ1) is 13.8. The molecule has 29 heavy (non-hydrogen) atoms. The molecule has 0 fully saturated rings. The first-order valence-corrected chi connectivity index (χ1v) is 9.29. The van der Waals surface area contributed by atoms with Crippen LogP contribution in [0.4, 0.5) is 16.2 Å². The molecule has 2 N–H and O–H groups in total. The van der Waals surface area contributed by atoms with Crippen LogP contribution in [0.25, 0.3) is 11.3 Å². The van der Waals surface area contributed by atoms with E-state index in [1.54, 1.807) is 50.2 Å². The van der Waals surface area contributed by atoms with Crippen LogP contribution in [0.2, 0.25) is 5.02 Å². The molecule has 2 aromatic carbocycles. The fraction of sp³-hybridized carbons (Fsp3) is 0.190. The van der Waals surface area contributed by atoms with Crippen molar-refractivity contribution in [3.63, 3.8) is 0 Å². The van der Waals surface area contributed by atoms with E-state index < -0.39 is 12.2 Å². The van der Waals surface area contributed by atoms with E-state index in [1.165, 1.54) is 6.92 Å². The number of rotatable bonds is 5. The first-order valence-electron chi connectivity index (χ1n) is 8.91. The Labute approximate surface area is 173 Å². The number of carbonyl (C=O) groups excluding carboxylic acids is 2. The molecule has 0 aliphatic heterocycles. The molecule has 0 radical (unpaired) electrons. The van der Waals surface area contributed by atoms with E-state index in [2.05, 4.69) is 15.8 Å².